The van der Waals surface area contributed by atoms with Crippen molar-refractivity contribution in [1.82, 2.24) is 15.0 Å². The lowest BCUT2D eigenvalue weighted by molar-refractivity contribution is 0.322. The first kappa shape index (κ1) is 22.9. The number of benzene rings is 2. The largest absolute Gasteiger partial charge is 0.424 e. The first-order valence-corrected chi connectivity index (χ1v) is 12.3. The molecule has 0 spiro atoms. The fourth-order valence-corrected chi connectivity index (χ4v) is 4.73. The molecule has 7 nitrogen and oxygen atoms in total. The van der Waals surface area contributed by atoms with Crippen molar-refractivity contribution in [2.45, 2.75) is 51.5 Å². The van der Waals surface area contributed by atoms with E-state index < -0.39 is 0 Å². The number of hydrogen-bond acceptors (Lipinski definition) is 7. The molecule has 0 unspecified atom stereocenters. The van der Waals surface area contributed by atoms with Crippen LogP contribution < -0.4 is 11.1 Å². The van der Waals surface area contributed by atoms with Crippen LogP contribution in [0.3, 0.4) is 0 Å². The van der Waals surface area contributed by atoms with Gasteiger partial charge in [0.05, 0.1) is 11.7 Å². The molecular weight excluding hydrogens is 438 g/mol. The molecular formula is C28H31N5O2. The monoisotopic (exact) mass is 469 g/mol. The number of hydrogen-bond donors (Lipinski definition) is 2. The molecule has 35 heavy (non-hydrogen) atoms. The highest BCUT2D eigenvalue weighted by molar-refractivity contribution is 5.75. The smallest absolute Gasteiger partial charge is 0.296 e. The van der Waals surface area contributed by atoms with Crippen molar-refractivity contribution >= 4 is 34.2 Å². The number of fused-ring (bicyclic) bond motifs is 2. The highest BCUT2D eigenvalue weighted by atomic mass is 16.4. The lowest BCUT2D eigenvalue weighted by Crippen LogP contribution is -2.18. The minimum atomic E-state index is 0.137. The summed E-state index contributed by atoms with van der Waals surface area (Å²) >= 11 is 0. The Balaban J connectivity index is 0.000000211. The maximum atomic E-state index is 5.91. The number of nitrogen functional groups attached to an aromatic ring is 1. The van der Waals surface area contributed by atoms with Gasteiger partial charge in [0.1, 0.15) is 11.0 Å². The van der Waals surface area contributed by atoms with E-state index in [1.807, 2.05) is 48.7 Å². The van der Waals surface area contributed by atoms with Crippen LogP contribution in [0.5, 0.6) is 0 Å². The first-order valence-electron chi connectivity index (χ1n) is 12.3. The van der Waals surface area contributed by atoms with E-state index in [1.165, 1.54) is 37.7 Å². The van der Waals surface area contributed by atoms with Gasteiger partial charge in [-0.05, 0) is 61.2 Å². The molecule has 2 aromatic carbocycles. The minimum Gasteiger partial charge on any atom is -0.424 e. The third-order valence-electron chi connectivity index (χ3n) is 6.49. The molecule has 5 aromatic rings. The molecule has 3 N–H and O–H groups in total. The molecule has 1 aliphatic carbocycles. The number of pyridine rings is 1. The van der Waals surface area contributed by atoms with Gasteiger partial charge < -0.3 is 19.9 Å². The molecule has 180 valence electrons. The van der Waals surface area contributed by atoms with Gasteiger partial charge in [0.25, 0.3) is 12.0 Å². The van der Waals surface area contributed by atoms with Crippen LogP contribution in [0.2, 0.25) is 0 Å². The Morgan fingerprint density at radius 3 is 2.51 bits per heavy atom. The van der Waals surface area contributed by atoms with E-state index in [1.54, 1.807) is 0 Å². The average molecular weight is 470 g/mol. The van der Waals surface area contributed by atoms with Crippen molar-refractivity contribution in [3.05, 3.63) is 78.1 Å². The van der Waals surface area contributed by atoms with Gasteiger partial charge in [-0.25, -0.2) is 0 Å². The molecule has 1 aliphatic rings. The summed E-state index contributed by atoms with van der Waals surface area (Å²) in [6.07, 6.45) is 9.65. The Bertz CT molecular complexity index is 1340. The number of aromatic nitrogens is 3. The van der Waals surface area contributed by atoms with E-state index >= 15 is 0 Å². The Hall–Kier alpha value is -3.87. The van der Waals surface area contributed by atoms with Gasteiger partial charge in [0.2, 0.25) is 0 Å². The van der Waals surface area contributed by atoms with Gasteiger partial charge >= 0.3 is 0 Å². The summed E-state index contributed by atoms with van der Waals surface area (Å²) in [5.41, 5.74) is 10.8. The van der Waals surface area contributed by atoms with Crippen molar-refractivity contribution in [3.8, 4) is 0 Å². The predicted molar refractivity (Wildman–Crippen MR) is 139 cm³/mol. The molecule has 1 fully saturated rings. The van der Waals surface area contributed by atoms with E-state index in [0.717, 1.165) is 40.2 Å². The summed E-state index contributed by atoms with van der Waals surface area (Å²) in [5, 5.41) is 3.51. The zero-order chi connectivity index (χ0) is 24.0. The third-order valence-corrected chi connectivity index (χ3v) is 6.49. The number of nitrogens with zero attached hydrogens (tertiary/aromatic N) is 3. The highest BCUT2D eigenvalue weighted by Crippen LogP contribution is 2.33. The number of aryl methyl sites for hydroxylation is 1. The van der Waals surface area contributed by atoms with Crippen LogP contribution in [-0.4, -0.2) is 15.0 Å². The van der Waals surface area contributed by atoms with Crippen molar-refractivity contribution in [1.29, 1.82) is 0 Å². The molecule has 6 rings (SSSR count). The summed E-state index contributed by atoms with van der Waals surface area (Å²) in [4.78, 5) is 13.1. The summed E-state index contributed by atoms with van der Waals surface area (Å²) in [6.45, 7) is 2.07. The maximum absolute atomic E-state index is 5.91. The van der Waals surface area contributed by atoms with E-state index in [9.17, 15) is 0 Å². The normalized spacial score (nSPS) is 15.0. The van der Waals surface area contributed by atoms with Crippen LogP contribution in [0.4, 0.5) is 12.0 Å². The summed E-state index contributed by atoms with van der Waals surface area (Å²) < 4.78 is 10.9. The second-order valence-corrected chi connectivity index (χ2v) is 9.20. The zero-order valence-corrected chi connectivity index (χ0v) is 20.0. The maximum Gasteiger partial charge on any atom is 0.296 e. The number of oxazole rings is 2. The standard InChI is InChI=1S/C21H25N3O.C7H6N2O/c1-15-10-11-20-19(13-15)24-21(25-20)23-18(17-9-5-6-12-22-17)14-16-7-3-2-4-8-16;8-7-9-5-3-1-2-4-6(5)10-7/h5-6,9-13,16,18H,2-4,7-8,14H2,1H3,(H,23,24);1-4H,(H2,8,9)/t18-;/m0./s1. The second-order valence-electron chi connectivity index (χ2n) is 9.20. The topological polar surface area (TPSA) is 103 Å². The predicted octanol–water partition coefficient (Wildman–Crippen LogP) is 7.06. The van der Waals surface area contributed by atoms with Gasteiger partial charge in [0.15, 0.2) is 11.2 Å². The van der Waals surface area contributed by atoms with E-state index in [-0.39, 0.29) is 12.1 Å². The van der Waals surface area contributed by atoms with Gasteiger partial charge in [-0.3, -0.25) is 4.98 Å². The van der Waals surface area contributed by atoms with Crippen LogP contribution >= 0.6 is 0 Å². The highest BCUT2D eigenvalue weighted by Gasteiger charge is 2.22. The van der Waals surface area contributed by atoms with Gasteiger partial charge in [-0.1, -0.05) is 56.4 Å². The first-order chi connectivity index (χ1) is 17.1. The molecule has 0 amide bonds. The average Bonchev–Trinajstić information content (AvgIpc) is 3.46. The lowest BCUT2D eigenvalue weighted by atomic mass is 9.84. The number of nitrogens with two attached hydrogens (primary N) is 1. The molecule has 7 heteroatoms. The molecule has 1 atom stereocenters. The quantitative estimate of drug-likeness (QED) is 0.284. The van der Waals surface area contributed by atoms with Crippen molar-refractivity contribution in [2.75, 3.05) is 11.1 Å². The fraction of sp³-hybridized carbons (Fsp3) is 0.321. The summed E-state index contributed by atoms with van der Waals surface area (Å²) in [6, 6.07) is 20.6. The Kier molecular flexibility index (Phi) is 6.93. The van der Waals surface area contributed by atoms with Gasteiger partial charge in [-0.15, -0.1) is 0 Å². The molecule has 0 saturated heterocycles. The Morgan fingerprint density at radius 1 is 0.914 bits per heavy atom. The molecule has 1 saturated carbocycles. The minimum absolute atomic E-state index is 0.137. The van der Waals surface area contributed by atoms with Gasteiger partial charge in [-0.2, -0.15) is 9.97 Å². The molecule has 3 aromatic heterocycles. The summed E-state index contributed by atoms with van der Waals surface area (Å²) in [5.74, 6) is 0.750. The lowest BCUT2D eigenvalue weighted by Gasteiger charge is -2.26. The summed E-state index contributed by atoms with van der Waals surface area (Å²) in [7, 11) is 0. The zero-order valence-electron chi connectivity index (χ0n) is 20.0. The number of rotatable bonds is 5. The van der Waals surface area contributed by atoms with E-state index in [2.05, 4.69) is 45.4 Å². The second kappa shape index (κ2) is 10.6. The van der Waals surface area contributed by atoms with Crippen LogP contribution in [0.15, 0.2) is 75.7 Å². The van der Waals surface area contributed by atoms with E-state index in [0.29, 0.717) is 6.01 Å². The molecule has 3 heterocycles. The Morgan fingerprint density at radius 2 is 1.71 bits per heavy atom. The number of nitrogens with one attached hydrogen (secondary N) is 1. The van der Waals surface area contributed by atoms with Crippen LogP contribution in [0, 0.1) is 12.8 Å². The fourth-order valence-electron chi connectivity index (χ4n) is 4.73. The number of para-hydroxylation sites is 2. The van der Waals surface area contributed by atoms with E-state index in [4.69, 9.17) is 14.6 Å². The Labute approximate surface area is 204 Å². The molecule has 0 bridgehead atoms. The third kappa shape index (κ3) is 5.80. The van der Waals surface area contributed by atoms with Crippen molar-refractivity contribution < 1.29 is 8.83 Å². The van der Waals surface area contributed by atoms with Crippen molar-refractivity contribution in [3.63, 3.8) is 0 Å². The van der Waals surface area contributed by atoms with Crippen LogP contribution in [0.25, 0.3) is 22.2 Å². The molecule has 0 radical (unpaired) electrons. The molecule has 0 aliphatic heterocycles. The number of anilines is 2. The van der Waals surface area contributed by atoms with Crippen LogP contribution in [-0.2, 0) is 0 Å². The van der Waals surface area contributed by atoms with Crippen LogP contribution in [0.1, 0.15) is 55.8 Å². The SMILES string of the molecule is Cc1ccc2oc(N[C@@H](CC3CCCCC3)c3ccccn3)nc2c1.Nc1nc2ccccc2o1. The van der Waals surface area contributed by atoms with Crippen molar-refractivity contribution in [2.24, 2.45) is 5.92 Å². The van der Waals surface area contributed by atoms with Gasteiger partial charge in [0, 0.05) is 6.20 Å².